The van der Waals surface area contributed by atoms with E-state index in [1.54, 1.807) is 0 Å². The van der Waals surface area contributed by atoms with Gasteiger partial charge in [-0.1, -0.05) is 36.2 Å². The smallest absolute Gasteiger partial charge is 0.261 e. The molecule has 0 radical (unpaired) electrons. The van der Waals surface area contributed by atoms with Gasteiger partial charge in [-0.15, -0.1) is 11.3 Å². The third-order valence-corrected chi connectivity index (χ3v) is 7.30. The SMILES string of the molecule is Cc1cc(OCCn2c(CCCCCNC(=O)c3cccs3)nc3ccccc32)cc(C)c1Cl. The number of aromatic nitrogens is 2. The first-order chi connectivity index (χ1) is 16.5. The Morgan fingerprint density at radius 3 is 2.65 bits per heavy atom. The Labute approximate surface area is 209 Å². The van der Waals surface area contributed by atoms with Crippen LogP contribution in [-0.4, -0.2) is 28.6 Å². The maximum Gasteiger partial charge on any atom is 0.261 e. The molecule has 0 saturated carbocycles. The van der Waals surface area contributed by atoms with Crippen LogP contribution in [0.5, 0.6) is 5.75 Å². The number of carbonyl (C=O) groups excluding carboxylic acids is 1. The number of hydrogen-bond acceptors (Lipinski definition) is 4. The number of halogens is 1. The molecule has 0 aliphatic rings. The van der Waals surface area contributed by atoms with Gasteiger partial charge < -0.3 is 14.6 Å². The van der Waals surface area contributed by atoms with Crippen LogP contribution in [0.25, 0.3) is 11.0 Å². The molecule has 0 aliphatic heterocycles. The Bertz CT molecular complexity index is 1230. The number of nitrogens with one attached hydrogen (secondary N) is 1. The Balaban J connectivity index is 1.30. The fraction of sp³-hybridized carbons (Fsp3) is 0.333. The minimum absolute atomic E-state index is 0.0165. The van der Waals surface area contributed by atoms with Gasteiger partial charge in [0.05, 0.1) is 22.5 Å². The zero-order valence-electron chi connectivity index (χ0n) is 19.6. The fourth-order valence-electron chi connectivity index (χ4n) is 4.09. The summed E-state index contributed by atoms with van der Waals surface area (Å²) >= 11 is 7.75. The van der Waals surface area contributed by atoms with E-state index in [0.29, 0.717) is 13.2 Å². The Hall–Kier alpha value is -2.83. The lowest BCUT2D eigenvalue weighted by molar-refractivity contribution is 0.0957. The van der Waals surface area contributed by atoms with Crippen LogP contribution in [-0.2, 0) is 13.0 Å². The van der Waals surface area contributed by atoms with E-state index in [1.807, 2.05) is 55.6 Å². The number of aryl methyl sites for hydroxylation is 3. The lowest BCUT2D eigenvalue weighted by Crippen LogP contribution is -2.23. The lowest BCUT2D eigenvalue weighted by Gasteiger charge is -2.13. The van der Waals surface area contributed by atoms with E-state index in [-0.39, 0.29) is 5.91 Å². The number of unbranched alkanes of at least 4 members (excludes halogenated alkanes) is 2. The predicted octanol–water partition coefficient (Wildman–Crippen LogP) is 6.59. The van der Waals surface area contributed by atoms with E-state index in [4.69, 9.17) is 21.3 Å². The van der Waals surface area contributed by atoms with Crippen LogP contribution in [0.15, 0.2) is 53.9 Å². The molecular formula is C27H30ClN3O2S. The second-order valence-corrected chi connectivity index (χ2v) is 9.76. The highest BCUT2D eigenvalue weighted by Crippen LogP contribution is 2.26. The zero-order chi connectivity index (χ0) is 23.9. The number of benzene rings is 2. The molecule has 2 aromatic carbocycles. The molecule has 0 atom stereocenters. The molecule has 0 spiro atoms. The minimum atomic E-state index is 0.0165. The molecule has 1 N–H and O–H groups in total. The predicted molar refractivity (Wildman–Crippen MR) is 140 cm³/mol. The molecule has 2 aromatic heterocycles. The van der Waals surface area contributed by atoms with Gasteiger partial charge in [0.25, 0.3) is 5.91 Å². The summed E-state index contributed by atoms with van der Waals surface area (Å²) in [7, 11) is 0. The summed E-state index contributed by atoms with van der Waals surface area (Å²) in [6, 6.07) is 16.0. The molecule has 0 bridgehead atoms. The first-order valence-corrected chi connectivity index (χ1v) is 12.9. The van der Waals surface area contributed by atoms with Gasteiger partial charge in [0, 0.05) is 18.0 Å². The first-order valence-electron chi connectivity index (χ1n) is 11.7. The van der Waals surface area contributed by atoms with Gasteiger partial charge in [0.15, 0.2) is 0 Å². The normalized spacial score (nSPS) is 11.1. The molecule has 0 aliphatic carbocycles. The molecule has 0 fully saturated rings. The van der Waals surface area contributed by atoms with Crippen molar-refractivity contribution in [1.82, 2.24) is 14.9 Å². The maximum atomic E-state index is 12.0. The van der Waals surface area contributed by atoms with E-state index >= 15 is 0 Å². The van der Waals surface area contributed by atoms with Gasteiger partial charge in [-0.05, 0) is 73.5 Å². The Morgan fingerprint density at radius 2 is 1.88 bits per heavy atom. The summed E-state index contributed by atoms with van der Waals surface area (Å²) in [5.74, 6) is 1.94. The van der Waals surface area contributed by atoms with Crippen molar-refractivity contribution in [2.24, 2.45) is 0 Å². The zero-order valence-corrected chi connectivity index (χ0v) is 21.2. The number of rotatable bonds is 11. The largest absolute Gasteiger partial charge is 0.492 e. The molecule has 1 amide bonds. The summed E-state index contributed by atoms with van der Waals surface area (Å²) in [5.41, 5.74) is 4.20. The number of para-hydroxylation sites is 2. The van der Waals surface area contributed by atoms with Crippen molar-refractivity contribution in [1.29, 1.82) is 0 Å². The molecule has 0 unspecified atom stereocenters. The van der Waals surface area contributed by atoms with Crippen LogP contribution in [0.1, 0.15) is 45.9 Å². The summed E-state index contributed by atoms with van der Waals surface area (Å²) in [4.78, 5) is 17.7. The molecule has 5 nitrogen and oxygen atoms in total. The van der Waals surface area contributed by atoms with Crippen molar-refractivity contribution >= 4 is 39.9 Å². The van der Waals surface area contributed by atoms with Crippen molar-refractivity contribution in [3.63, 3.8) is 0 Å². The Morgan fingerprint density at radius 1 is 1.09 bits per heavy atom. The van der Waals surface area contributed by atoms with E-state index in [0.717, 1.165) is 75.9 Å². The maximum absolute atomic E-state index is 12.0. The number of carbonyl (C=O) groups is 1. The van der Waals surface area contributed by atoms with Gasteiger partial charge in [-0.3, -0.25) is 4.79 Å². The number of nitrogens with zero attached hydrogens (tertiary/aromatic N) is 2. The van der Waals surface area contributed by atoms with E-state index in [1.165, 1.54) is 11.3 Å². The number of amides is 1. The minimum Gasteiger partial charge on any atom is -0.492 e. The van der Waals surface area contributed by atoms with Crippen molar-refractivity contribution < 1.29 is 9.53 Å². The van der Waals surface area contributed by atoms with Crippen molar-refractivity contribution in [3.05, 3.63) is 80.8 Å². The summed E-state index contributed by atoms with van der Waals surface area (Å²) in [6.45, 7) is 5.98. The van der Waals surface area contributed by atoms with Crippen LogP contribution in [0, 0.1) is 13.8 Å². The quantitative estimate of drug-likeness (QED) is 0.239. The van der Waals surface area contributed by atoms with Gasteiger partial charge >= 0.3 is 0 Å². The van der Waals surface area contributed by atoms with Crippen molar-refractivity contribution in [3.8, 4) is 5.75 Å². The van der Waals surface area contributed by atoms with Crippen LogP contribution >= 0.6 is 22.9 Å². The van der Waals surface area contributed by atoms with Gasteiger partial charge in [0.1, 0.15) is 18.2 Å². The molecule has 4 aromatic rings. The first kappa shape index (κ1) is 24.3. The molecule has 4 rings (SSSR count). The summed E-state index contributed by atoms with van der Waals surface area (Å²) < 4.78 is 8.33. The average molecular weight is 496 g/mol. The van der Waals surface area contributed by atoms with E-state index in [9.17, 15) is 4.79 Å². The third-order valence-electron chi connectivity index (χ3n) is 5.83. The number of fused-ring (bicyclic) bond motifs is 1. The second kappa shape index (κ2) is 11.5. The van der Waals surface area contributed by atoms with Gasteiger partial charge in [-0.25, -0.2) is 4.98 Å². The van der Waals surface area contributed by atoms with Gasteiger partial charge in [0.2, 0.25) is 0 Å². The number of thiophene rings is 1. The molecule has 7 heteroatoms. The summed E-state index contributed by atoms with van der Waals surface area (Å²) in [5, 5.41) is 5.71. The topological polar surface area (TPSA) is 56.1 Å². The molecular weight excluding hydrogens is 466 g/mol. The van der Waals surface area contributed by atoms with E-state index in [2.05, 4.69) is 22.0 Å². The standard InChI is InChI=1S/C27H30ClN3O2S/c1-19-17-21(18-20(2)26(19)28)33-15-14-31-23-10-6-5-9-22(23)30-25(31)12-4-3-7-13-29-27(32)24-11-8-16-34-24/h5-6,8-11,16-18H,3-4,7,12-15H2,1-2H3,(H,29,32). The van der Waals surface area contributed by atoms with E-state index < -0.39 is 0 Å². The number of imidazole rings is 1. The van der Waals surface area contributed by atoms with Crippen LogP contribution in [0.3, 0.4) is 0 Å². The Kier molecular flexibility index (Phi) is 8.25. The van der Waals surface area contributed by atoms with Crippen molar-refractivity contribution in [2.75, 3.05) is 13.2 Å². The highest BCUT2D eigenvalue weighted by atomic mass is 35.5. The molecule has 0 saturated heterocycles. The highest BCUT2D eigenvalue weighted by Gasteiger charge is 2.11. The van der Waals surface area contributed by atoms with Crippen LogP contribution in [0.2, 0.25) is 5.02 Å². The number of ether oxygens (including phenoxy) is 1. The lowest BCUT2D eigenvalue weighted by atomic mass is 10.1. The number of hydrogen-bond donors (Lipinski definition) is 1. The molecule has 2 heterocycles. The fourth-order valence-corrected chi connectivity index (χ4v) is 4.84. The highest BCUT2D eigenvalue weighted by molar-refractivity contribution is 7.12. The van der Waals surface area contributed by atoms with Gasteiger partial charge in [-0.2, -0.15) is 0 Å². The third kappa shape index (κ3) is 5.99. The summed E-state index contributed by atoms with van der Waals surface area (Å²) in [6.07, 6.45) is 3.91. The van der Waals surface area contributed by atoms with Crippen LogP contribution < -0.4 is 10.1 Å². The molecule has 34 heavy (non-hydrogen) atoms. The average Bonchev–Trinajstić information content (AvgIpc) is 3.48. The van der Waals surface area contributed by atoms with Crippen molar-refractivity contribution in [2.45, 2.75) is 46.1 Å². The second-order valence-electron chi connectivity index (χ2n) is 8.43. The molecule has 178 valence electrons. The monoisotopic (exact) mass is 495 g/mol. The van der Waals surface area contributed by atoms with Crippen LogP contribution in [0.4, 0.5) is 0 Å².